The van der Waals surface area contributed by atoms with Gasteiger partial charge in [0.25, 0.3) is 0 Å². The van der Waals surface area contributed by atoms with Crippen LogP contribution < -0.4 is 0 Å². The van der Waals surface area contributed by atoms with Gasteiger partial charge in [0.1, 0.15) is 0 Å². The molecule has 0 amide bonds. The van der Waals surface area contributed by atoms with Crippen molar-refractivity contribution in [2.45, 2.75) is 14.2 Å². The van der Waals surface area contributed by atoms with Crippen molar-refractivity contribution in [1.82, 2.24) is 15.0 Å². The number of rotatable bonds is 3. The number of aliphatic hydroxyl groups is 1. The minimum absolute atomic E-state index is 0.00429. The minimum atomic E-state index is -1.91. The van der Waals surface area contributed by atoms with Crippen LogP contribution in [0.2, 0.25) is 0 Å². The highest BCUT2D eigenvalue weighted by Gasteiger charge is 2.34. The zero-order valence-electron chi connectivity index (χ0n) is 13.9. The molecule has 0 fully saturated rings. The molecule has 10 heteroatoms. The lowest BCUT2D eigenvalue weighted by Gasteiger charge is -2.15. The van der Waals surface area contributed by atoms with E-state index in [0.717, 1.165) is 16.7 Å². The predicted molar refractivity (Wildman–Crippen MR) is 115 cm³/mol. The molecule has 0 radical (unpaired) electrons. The molecule has 0 aliphatic heterocycles. The maximum absolute atomic E-state index is 9.15. The second-order valence-electron chi connectivity index (χ2n) is 5.73. The van der Waals surface area contributed by atoms with Crippen molar-refractivity contribution in [3.8, 4) is 22.5 Å². The number of alkyl halides is 6. The standard InChI is InChI=1S/C18H11Cl6N3O/c19-17(20,21)15-25-14(26-16(27-15)18(22,23)24)13-7-5-12(6-8-13)11-3-1-10(9-28)2-4-11/h1-8,28H,9H2. The van der Waals surface area contributed by atoms with Crippen molar-refractivity contribution in [3.63, 3.8) is 0 Å². The van der Waals surface area contributed by atoms with E-state index in [-0.39, 0.29) is 24.1 Å². The van der Waals surface area contributed by atoms with Gasteiger partial charge in [-0.25, -0.2) is 15.0 Å². The molecule has 0 atom stereocenters. The van der Waals surface area contributed by atoms with Crippen molar-refractivity contribution in [3.05, 3.63) is 65.7 Å². The summed E-state index contributed by atoms with van der Waals surface area (Å²) in [5.74, 6) is -0.0835. The van der Waals surface area contributed by atoms with Crippen molar-refractivity contribution < 1.29 is 5.11 Å². The van der Waals surface area contributed by atoms with Crippen LogP contribution in [-0.2, 0) is 14.2 Å². The number of hydrogen-bond acceptors (Lipinski definition) is 4. The summed E-state index contributed by atoms with van der Waals surface area (Å²) in [7, 11) is 0. The first-order valence-corrected chi connectivity index (χ1v) is 10.1. The van der Waals surface area contributed by atoms with Crippen LogP contribution in [-0.4, -0.2) is 20.1 Å². The molecule has 28 heavy (non-hydrogen) atoms. The average molecular weight is 498 g/mol. The van der Waals surface area contributed by atoms with Crippen molar-refractivity contribution in [1.29, 1.82) is 0 Å². The van der Waals surface area contributed by atoms with E-state index >= 15 is 0 Å². The lowest BCUT2D eigenvalue weighted by molar-refractivity contribution is 0.282. The van der Waals surface area contributed by atoms with Crippen LogP contribution in [0.3, 0.4) is 0 Å². The summed E-state index contributed by atoms with van der Waals surface area (Å²) in [6, 6.07) is 14.9. The molecule has 0 saturated carbocycles. The van der Waals surface area contributed by atoms with Gasteiger partial charge in [-0.3, -0.25) is 0 Å². The first-order valence-electron chi connectivity index (χ1n) is 7.79. The third kappa shape index (κ3) is 5.19. The third-order valence-electron chi connectivity index (χ3n) is 3.76. The summed E-state index contributed by atoms with van der Waals surface area (Å²) in [5, 5.41) is 9.15. The van der Waals surface area contributed by atoms with Gasteiger partial charge in [0.2, 0.25) is 7.59 Å². The molecule has 1 heterocycles. The Hall–Kier alpha value is -0.850. The van der Waals surface area contributed by atoms with Crippen LogP contribution in [0.4, 0.5) is 0 Å². The molecule has 146 valence electrons. The largest absolute Gasteiger partial charge is 0.392 e. The zero-order chi connectivity index (χ0) is 20.5. The summed E-state index contributed by atoms with van der Waals surface area (Å²) >= 11 is 35.4. The Kier molecular flexibility index (Phi) is 6.62. The van der Waals surface area contributed by atoms with Crippen molar-refractivity contribution in [2.24, 2.45) is 0 Å². The van der Waals surface area contributed by atoms with Crippen LogP contribution in [0.1, 0.15) is 17.2 Å². The van der Waals surface area contributed by atoms with E-state index in [4.69, 9.17) is 74.7 Å². The normalized spacial score (nSPS) is 12.2. The van der Waals surface area contributed by atoms with Gasteiger partial charge in [-0.1, -0.05) is 118 Å². The zero-order valence-corrected chi connectivity index (χ0v) is 18.4. The van der Waals surface area contributed by atoms with Crippen LogP contribution in [0, 0.1) is 0 Å². The molecule has 0 unspecified atom stereocenters. The van der Waals surface area contributed by atoms with Crippen molar-refractivity contribution >= 4 is 69.6 Å². The predicted octanol–water partition coefficient (Wildman–Crippen LogP) is 6.35. The second-order valence-corrected chi connectivity index (χ2v) is 10.3. The Morgan fingerprint density at radius 3 is 1.39 bits per heavy atom. The van der Waals surface area contributed by atoms with Gasteiger partial charge < -0.3 is 5.11 Å². The molecular formula is C18H11Cl6N3O. The first-order chi connectivity index (χ1) is 13.1. The SMILES string of the molecule is OCc1ccc(-c2ccc(-c3nc(C(Cl)(Cl)Cl)nc(C(Cl)(Cl)Cl)n3)cc2)cc1. The molecule has 1 aromatic heterocycles. The third-order valence-corrected chi connectivity index (χ3v) is 4.77. The fraction of sp³-hybridized carbons (Fsp3) is 0.167. The van der Waals surface area contributed by atoms with Crippen LogP contribution in [0.5, 0.6) is 0 Å². The van der Waals surface area contributed by atoms with E-state index in [1.165, 1.54) is 0 Å². The summed E-state index contributed by atoms with van der Waals surface area (Å²) in [5.41, 5.74) is 3.42. The molecule has 0 bridgehead atoms. The van der Waals surface area contributed by atoms with Gasteiger partial charge in [-0.2, -0.15) is 0 Å². The van der Waals surface area contributed by atoms with Gasteiger partial charge in [0.15, 0.2) is 17.5 Å². The van der Waals surface area contributed by atoms with Crippen molar-refractivity contribution in [2.75, 3.05) is 0 Å². The molecule has 0 aliphatic rings. The average Bonchev–Trinajstić information content (AvgIpc) is 2.66. The molecular weight excluding hydrogens is 487 g/mol. The number of benzene rings is 2. The van der Waals surface area contributed by atoms with E-state index < -0.39 is 7.59 Å². The summed E-state index contributed by atoms with van der Waals surface area (Å²) in [6.45, 7) is -0.00429. The Labute approximate surface area is 191 Å². The maximum atomic E-state index is 9.15. The Morgan fingerprint density at radius 1 is 0.607 bits per heavy atom. The maximum Gasteiger partial charge on any atom is 0.250 e. The van der Waals surface area contributed by atoms with E-state index in [1.54, 1.807) is 12.1 Å². The molecule has 3 rings (SSSR count). The number of halogens is 6. The molecule has 0 spiro atoms. The fourth-order valence-electron chi connectivity index (χ4n) is 2.37. The second kappa shape index (κ2) is 8.49. The van der Waals surface area contributed by atoms with E-state index in [2.05, 4.69) is 15.0 Å². The summed E-state index contributed by atoms with van der Waals surface area (Å²) in [4.78, 5) is 12.3. The number of aliphatic hydroxyl groups excluding tert-OH is 1. The molecule has 2 aromatic carbocycles. The quantitative estimate of drug-likeness (QED) is 0.428. The summed E-state index contributed by atoms with van der Waals surface area (Å²) in [6.07, 6.45) is 0. The van der Waals surface area contributed by atoms with E-state index in [1.807, 2.05) is 36.4 Å². The molecule has 0 aliphatic carbocycles. The highest BCUT2D eigenvalue weighted by molar-refractivity contribution is 6.67. The van der Waals surface area contributed by atoms with Gasteiger partial charge in [-0.05, 0) is 16.7 Å². The highest BCUT2D eigenvalue weighted by atomic mass is 35.6. The molecule has 4 nitrogen and oxygen atoms in total. The van der Waals surface area contributed by atoms with E-state index in [0.29, 0.717) is 5.56 Å². The molecule has 0 saturated heterocycles. The fourth-order valence-corrected chi connectivity index (χ4v) is 2.88. The molecule has 3 aromatic rings. The number of hydrogen-bond donors (Lipinski definition) is 1. The monoisotopic (exact) mass is 495 g/mol. The Balaban J connectivity index is 2.00. The topological polar surface area (TPSA) is 58.9 Å². The highest BCUT2D eigenvalue weighted by Crippen LogP contribution is 2.40. The minimum Gasteiger partial charge on any atom is -0.392 e. The summed E-state index contributed by atoms with van der Waals surface area (Å²) < 4.78 is -3.81. The Bertz CT molecular complexity index is 934. The van der Waals surface area contributed by atoms with Gasteiger partial charge in [0.05, 0.1) is 6.61 Å². The number of nitrogens with zero attached hydrogens (tertiary/aromatic N) is 3. The van der Waals surface area contributed by atoms with Gasteiger partial charge in [0, 0.05) is 5.56 Å². The van der Waals surface area contributed by atoms with Crippen LogP contribution in [0.15, 0.2) is 48.5 Å². The smallest absolute Gasteiger partial charge is 0.250 e. The van der Waals surface area contributed by atoms with E-state index in [9.17, 15) is 0 Å². The lowest BCUT2D eigenvalue weighted by Crippen LogP contribution is -2.16. The van der Waals surface area contributed by atoms with Crippen LogP contribution in [0.25, 0.3) is 22.5 Å². The van der Waals surface area contributed by atoms with Gasteiger partial charge >= 0.3 is 0 Å². The Morgan fingerprint density at radius 2 is 1.00 bits per heavy atom. The van der Waals surface area contributed by atoms with Crippen LogP contribution >= 0.6 is 69.6 Å². The number of aromatic nitrogens is 3. The van der Waals surface area contributed by atoms with Gasteiger partial charge in [-0.15, -0.1) is 0 Å². The lowest BCUT2D eigenvalue weighted by atomic mass is 10.0. The molecule has 1 N–H and O–H groups in total. The first kappa shape index (κ1) is 21.8.